The van der Waals surface area contributed by atoms with Crippen molar-refractivity contribution in [2.75, 3.05) is 13.6 Å². The summed E-state index contributed by atoms with van der Waals surface area (Å²) in [6.07, 6.45) is 1.12. The summed E-state index contributed by atoms with van der Waals surface area (Å²) in [5.74, 6) is 0.771. The van der Waals surface area contributed by atoms with Gasteiger partial charge in [0, 0.05) is 6.54 Å². The van der Waals surface area contributed by atoms with Gasteiger partial charge in [0.15, 0.2) is 0 Å². The van der Waals surface area contributed by atoms with E-state index in [0.717, 1.165) is 13.0 Å². The summed E-state index contributed by atoms with van der Waals surface area (Å²) in [4.78, 5) is 14.1. The fourth-order valence-electron chi connectivity index (χ4n) is 3.10. The number of hydrogen-bond donors (Lipinski definition) is 0. The van der Waals surface area contributed by atoms with Crippen LogP contribution in [0, 0.1) is 11.8 Å². The van der Waals surface area contributed by atoms with Crippen LogP contribution in [0.1, 0.15) is 6.42 Å². The first-order valence-electron chi connectivity index (χ1n) is 4.73. The molecule has 5 atom stereocenters. The quantitative estimate of drug-likeness (QED) is 0.463. The lowest BCUT2D eigenvalue weighted by atomic mass is 9.73. The molecule has 4 rings (SSSR count). The van der Waals surface area contributed by atoms with Crippen LogP contribution in [0.15, 0.2) is 0 Å². The number of carbonyl (C=O) groups is 1. The average Bonchev–Trinajstić information content (AvgIpc) is 2.37. The summed E-state index contributed by atoms with van der Waals surface area (Å²) >= 11 is 3.65. The maximum absolute atomic E-state index is 11.5. The SMILES string of the molecule is CN1CC2CC3C(=O)OC(C2Br)C31. The molecule has 3 aliphatic heterocycles. The number of rotatable bonds is 0. The number of hydrogen-bond acceptors (Lipinski definition) is 3. The molecule has 0 spiro atoms. The summed E-state index contributed by atoms with van der Waals surface area (Å²) in [6, 6.07) is 0.335. The second-order valence-electron chi connectivity index (χ2n) is 4.38. The van der Waals surface area contributed by atoms with Gasteiger partial charge in [-0.2, -0.15) is 0 Å². The number of carbonyl (C=O) groups excluding carboxylic acids is 1. The molecule has 0 amide bonds. The highest BCUT2D eigenvalue weighted by molar-refractivity contribution is 9.09. The maximum Gasteiger partial charge on any atom is 0.311 e. The third-order valence-corrected chi connectivity index (χ3v) is 4.92. The fourth-order valence-corrected chi connectivity index (χ4v) is 3.90. The van der Waals surface area contributed by atoms with Gasteiger partial charge in [0.1, 0.15) is 6.10 Å². The van der Waals surface area contributed by atoms with Crippen LogP contribution < -0.4 is 0 Å². The van der Waals surface area contributed by atoms with Crippen LogP contribution in [0.3, 0.4) is 0 Å². The van der Waals surface area contributed by atoms with Crippen molar-refractivity contribution in [3.8, 4) is 0 Å². The van der Waals surface area contributed by atoms with Crippen LogP contribution in [0.2, 0.25) is 0 Å². The molecule has 0 aromatic heterocycles. The largest absolute Gasteiger partial charge is 0.459 e. The van der Waals surface area contributed by atoms with Crippen LogP contribution in [0.5, 0.6) is 0 Å². The molecule has 3 saturated heterocycles. The van der Waals surface area contributed by atoms with Crippen molar-refractivity contribution in [1.82, 2.24) is 4.90 Å². The molecule has 3 heterocycles. The van der Waals surface area contributed by atoms with E-state index >= 15 is 0 Å². The Kier molecular flexibility index (Phi) is 1.57. The lowest BCUT2D eigenvalue weighted by molar-refractivity contribution is -0.143. The highest BCUT2D eigenvalue weighted by atomic mass is 79.9. The van der Waals surface area contributed by atoms with Gasteiger partial charge >= 0.3 is 5.97 Å². The molecule has 4 bridgehead atoms. The van der Waals surface area contributed by atoms with Gasteiger partial charge < -0.3 is 4.74 Å². The number of fused-ring (bicyclic) bond motifs is 1. The Morgan fingerprint density at radius 1 is 1.62 bits per heavy atom. The summed E-state index contributed by atoms with van der Waals surface area (Å²) in [5, 5.41) is 0. The third-order valence-electron chi connectivity index (χ3n) is 3.66. The predicted octanol–water partition coefficient (Wildman–Crippen LogP) is 0.625. The van der Waals surface area contributed by atoms with Crippen LogP contribution in [0.25, 0.3) is 0 Å². The molecule has 4 heteroatoms. The second kappa shape index (κ2) is 2.48. The van der Waals surface area contributed by atoms with E-state index in [1.807, 2.05) is 0 Å². The molecular formula is C9H12BrNO2. The Morgan fingerprint density at radius 2 is 2.38 bits per heavy atom. The average molecular weight is 246 g/mol. The zero-order valence-electron chi connectivity index (χ0n) is 7.44. The van der Waals surface area contributed by atoms with E-state index in [4.69, 9.17) is 4.74 Å². The predicted molar refractivity (Wildman–Crippen MR) is 50.6 cm³/mol. The van der Waals surface area contributed by atoms with Crippen LogP contribution in [-0.4, -0.2) is 41.4 Å². The third kappa shape index (κ3) is 0.907. The van der Waals surface area contributed by atoms with E-state index < -0.39 is 0 Å². The van der Waals surface area contributed by atoms with Gasteiger partial charge in [0.25, 0.3) is 0 Å². The first kappa shape index (κ1) is 8.24. The van der Waals surface area contributed by atoms with Crippen molar-refractivity contribution in [1.29, 1.82) is 0 Å². The van der Waals surface area contributed by atoms with Crippen molar-refractivity contribution in [3.63, 3.8) is 0 Å². The number of piperidine rings is 2. The van der Waals surface area contributed by atoms with Crippen molar-refractivity contribution in [3.05, 3.63) is 0 Å². The van der Waals surface area contributed by atoms with Gasteiger partial charge in [0.05, 0.1) is 16.8 Å². The van der Waals surface area contributed by atoms with Crippen LogP contribution in [0.4, 0.5) is 0 Å². The van der Waals surface area contributed by atoms with E-state index in [1.54, 1.807) is 0 Å². The number of likely N-dealkylation sites (N-methyl/N-ethyl adjacent to an activating group) is 1. The molecule has 3 nitrogen and oxygen atoms in total. The summed E-state index contributed by atoms with van der Waals surface area (Å²) in [5.41, 5.74) is 0. The van der Waals surface area contributed by atoms with Gasteiger partial charge in [-0.15, -0.1) is 0 Å². The molecule has 1 aliphatic carbocycles. The molecule has 72 valence electrons. The van der Waals surface area contributed by atoms with Crippen LogP contribution >= 0.6 is 15.9 Å². The monoisotopic (exact) mass is 245 g/mol. The molecule has 5 unspecified atom stereocenters. The first-order valence-corrected chi connectivity index (χ1v) is 5.65. The van der Waals surface area contributed by atoms with Crippen molar-refractivity contribution >= 4 is 21.9 Å². The Hall–Kier alpha value is -0.0900. The number of nitrogens with zero attached hydrogens (tertiary/aromatic N) is 1. The van der Waals surface area contributed by atoms with Gasteiger partial charge in [-0.3, -0.25) is 9.69 Å². The second-order valence-corrected chi connectivity index (χ2v) is 5.44. The Balaban J connectivity index is 2.02. The molecule has 0 aromatic carbocycles. The van der Waals surface area contributed by atoms with Gasteiger partial charge in [0.2, 0.25) is 0 Å². The Labute approximate surface area is 85.5 Å². The zero-order valence-corrected chi connectivity index (χ0v) is 9.03. The topological polar surface area (TPSA) is 29.5 Å². The highest BCUT2D eigenvalue weighted by Gasteiger charge is 2.59. The summed E-state index contributed by atoms with van der Waals surface area (Å²) in [6.45, 7) is 1.10. The van der Waals surface area contributed by atoms with Crippen molar-refractivity contribution in [2.24, 2.45) is 11.8 Å². The van der Waals surface area contributed by atoms with E-state index in [2.05, 4.69) is 27.9 Å². The molecule has 13 heavy (non-hydrogen) atoms. The smallest absolute Gasteiger partial charge is 0.311 e. The summed E-state index contributed by atoms with van der Waals surface area (Å²) < 4.78 is 5.37. The van der Waals surface area contributed by atoms with E-state index in [-0.39, 0.29) is 18.0 Å². The minimum absolute atomic E-state index is 0.0218. The minimum Gasteiger partial charge on any atom is -0.459 e. The van der Waals surface area contributed by atoms with E-state index in [1.165, 1.54) is 0 Å². The number of esters is 1. The Bertz CT molecular complexity index is 270. The lowest BCUT2D eigenvalue weighted by Crippen LogP contribution is -2.60. The number of alkyl halides is 1. The summed E-state index contributed by atoms with van der Waals surface area (Å²) in [7, 11) is 2.09. The molecular weight excluding hydrogens is 234 g/mol. The van der Waals surface area contributed by atoms with E-state index in [9.17, 15) is 4.79 Å². The van der Waals surface area contributed by atoms with Gasteiger partial charge in [-0.1, -0.05) is 15.9 Å². The fraction of sp³-hybridized carbons (Fsp3) is 0.889. The lowest BCUT2D eigenvalue weighted by Gasteiger charge is -2.48. The molecule has 0 aromatic rings. The molecule has 4 aliphatic rings. The molecule has 4 fully saturated rings. The van der Waals surface area contributed by atoms with Crippen LogP contribution in [-0.2, 0) is 9.53 Å². The van der Waals surface area contributed by atoms with Gasteiger partial charge in [-0.25, -0.2) is 0 Å². The minimum atomic E-state index is 0.0218. The van der Waals surface area contributed by atoms with Gasteiger partial charge in [-0.05, 0) is 19.4 Å². The maximum atomic E-state index is 11.5. The molecule has 0 N–H and O–H groups in total. The molecule has 0 radical (unpaired) electrons. The number of halogens is 1. The first-order chi connectivity index (χ1) is 6.18. The van der Waals surface area contributed by atoms with Crippen molar-refractivity contribution < 1.29 is 9.53 Å². The Morgan fingerprint density at radius 3 is 3.08 bits per heavy atom. The van der Waals surface area contributed by atoms with E-state index in [0.29, 0.717) is 16.8 Å². The normalized spacial score (nSPS) is 54.0. The standard InChI is InChI=1S/C9H12BrNO2/c1-11-3-4-2-5-7(11)8(6(4)10)13-9(5)12/h4-8H,2-3H2,1H3. The zero-order chi connectivity index (χ0) is 9.16. The highest BCUT2D eigenvalue weighted by Crippen LogP contribution is 2.47. The number of ether oxygens (including phenoxy) is 1. The molecule has 1 saturated carbocycles. The van der Waals surface area contributed by atoms with Crippen molar-refractivity contribution in [2.45, 2.75) is 23.4 Å².